The van der Waals surface area contributed by atoms with Crippen LogP contribution < -0.4 is 10.6 Å². The van der Waals surface area contributed by atoms with Crippen molar-refractivity contribution in [2.45, 2.75) is 161 Å². The summed E-state index contributed by atoms with van der Waals surface area (Å²) >= 11 is 0. The zero-order chi connectivity index (χ0) is 46.3. The van der Waals surface area contributed by atoms with Crippen molar-refractivity contribution < 1.29 is 129 Å². The maximum absolute atomic E-state index is 12.6. The highest BCUT2D eigenvalue weighted by molar-refractivity contribution is 5.73. The summed E-state index contributed by atoms with van der Waals surface area (Å²) in [6, 6.07) is -3.26. The fourth-order valence-electron chi connectivity index (χ4n) is 7.38. The van der Waals surface area contributed by atoms with E-state index in [4.69, 9.17) is 37.9 Å². The van der Waals surface area contributed by atoms with Gasteiger partial charge in [-0.2, -0.15) is 0 Å². The van der Waals surface area contributed by atoms with Crippen LogP contribution in [0.1, 0.15) is 13.8 Å². The van der Waals surface area contributed by atoms with Crippen molar-refractivity contribution in [1.82, 2.24) is 10.6 Å². The van der Waals surface area contributed by atoms with E-state index in [1.165, 1.54) is 0 Å². The Labute approximate surface area is 351 Å². The van der Waals surface area contributed by atoms with E-state index in [9.17, 15) is 91.0 Å². The van der Waals surface area contributed by atoms with Gasteiger partial charge in [-0.15, -0.1) is 0 Å². The second-order valence-corrected chi connectivity index (χ2v) is 15.1. The number of aldehydes is 1. The first-order valence-electron chi connectivity index (χ1n) is 19.4. The van der Waals surface area contributed by atoms with Gasteiger partial charge in [-0.25, -0.2) is 0 Å². The molecule has 0 aliphatic carbocycles. The van der Waals surface area contributed by atoms with Gasteiger partial charge in [0.25, 0.3) is 0 Å². The molecule has 4 aliphatic rings. The maximum atomic E-state index is 12.6. The molecule has 28 heteroatoms. The summed E-state index contributed by atoms with van der Waals surface area (Å²) < 4.78 is 45.3. The number of amides is 2. The lowest BCUT2D eigenvalue weighted by molar-refractivity contribution is -0.382. The van der Waals surface area contributed by atoms with Gasteiger partial charge in [-0.05, 0) is 0 Å². The van der Waals surface area contributed by atoms with Crippen LogP contribution in [0.4, 0.5) is 0 Å². The summed E-state index contributed by atoms with van der Waals surface area (Å²) in [6.07, 6.45) is -42.6. The minimum Gasteiger partial charge on any atom is -0.394 e. The van der Waals surface area contributed by atoms with Gasteiger partial charge in [0.15, 0.2) is 31.4 Å². The number of carbonyl (C=O) groups is 3. The van der Waals surface area contributed by atoms with Crippen LogP contribution in [0.25, 0.3) is 0 Å². The number of aliphatic hydroxyl groups is 15. The van der Waals surface area contributed by atoms with Crippen LogP contribution in [0.3, 0.4) is 0 Å². The van der Waals surface area contributed by atoms with Crippen LogP contribution in [0, 0.1) is 0 Å². The van der Waals surface area contributed by atoms with Crippen LogP contribution in [-0.2, 0) is 52.3 Å². The highest BCUT2D eigenvalue weighted by atomic mass is 16.8. The van der Waals surface area contributed by atoms with E-state index in [-0.39, 0.29) is 6.29 Å². The van der Waals surface area contributed by atoms with Gasteiger partial charge >= 0.3 is 0 Å². The molecule has 0 saturated carbocycles. The van der Waals surface area contributed by atoms with E-state index in [2.05, 4.69) is 10.6 Å². The molecule has 24 atom stereocenters. The lowest BCUT2D eigenvalue weighted by Crippen LogP contribution is -2.71. The van der Waals surface area contributed by atoms with Gasteiger partial charge in [0.05, 0.1) is 33.0 Å². The smallest absolute Gasteiger partial charge is 0.217 e. The first-order chi connectivity index (χ1) is 29.3. The Kier molecular flexibility index (Phi) is 19.6. The number of rotatable bonds is 19. The maximum Gasteiger partial charge on any atom is 0.217 e. The van der Waals surface area contributed by atoms with Crippen molar-refractivity contribution in [3.8, 4) is 0 Å². The largest absolute Gasteiger partial charge is 0.394 e. The van der Waals surface area contributed by atoms with Crippen molar-refractivity contribution in [1.29, 1.82) is 0 Å². The molecule has 0 spiro atoms. The first-order valence-corrected chi connectivity index (χ1v) is 19.4. The molecule has 0 aromatic carbocycles. The number of carbonyl (C=O) groups excluding carboxylic acids is 3. The standard InChI is InChI=1S/C34H58N2O26/c1-9(43)35-17-23(51)20(48)13(5-39)55-31(17)61-29-18(36-10(2)44)32(56-14(6-40)21(29)49)62-30-22(50)15(7-41)57-34(26(30)54)60-28-16(8-42)58-33(25(53)24(28)52)59-27(12(46)4-38)19(47)11(45)3-37/h3,11-34,38-42,45-54H,4-8H2,1-2H3,(H,35,43)(H,36,44)/t11-,12+,13+,14+,15+,16+,17+,18+,19+,20-,21-,22-,23+,24+,25+,26+,27+,28-,29+,30-,31+,32-,33-,34+/m0/s1. The Morgan fingerprint density at radius 2 is 1.00 bits per heavy atom. The fraction of sp³-hybridized carbons (Fsp3) is 0.912. The molecule has 4 saturated heterocycles. The first kappa shape index (κ1) is 52.3. The van der Waals surface area contributed by atoms with Gasteiger partial charge in [0.2, 0.25) is 11.8 Å². The topological polar surface area (TPSA) is 453 Å². The number of aliphatic hydroxyl groups excluding tert-OH is 15. The normalized spacial score (nSPS) is 43.5. The molecule has 4 fully saturated rings. The van der Waals surface area contributed by atoms with Crippen LogP contribution in [0.2, 0.25) is 0 Å². The van der Waals surface area contributed by atoms with Crippen molar-refractivity contribution in [2.75, 3.05) is 33.0 Å². The third-order valence-corrected chi connectivity index (χ3v) is 10.7. The summed E-state index contributed by atoms with van der Waals surface area (Å²) in [6.45, 7) is -2.89. The van der Waals surface area contributed by atoms with Crippen LogP contribution in [0.5, 0.6) is 0 Å². The molecule has 4 heterocycles. The van der Waals surface area contributed by atoms with Gasteiger partial charge in [-0.3, -0.25) is 9.59 Å². The van der Waals surface area contributed by atoms with E-state index >= 15 is 0 Å². The average Bonchev–Trinajstić information content (AvgIpc) is 3.24. The lowest BCUT2D eigenvalue weighted by Gasteiger charge is -2.50. The summed E-state index contributed by atoms with van der Waals surface area (Å²) in [7, 11) is 0. The van der Waals surface area contributed by atoms with Gasteiger partial charge in [0.1, 0.15) is 122 Å². The Morgan fingerprint density at radius 1 is 0.548 bits per heavy atom. The molecule has 0 aromatic heterocycles. The second-order valence-electron chi connectivity index (χ2n) is 15.1. The Balaban J connectivity index is 1.61. The molecule has 2 amide bonds. The molecule has 62 heavy (non-hydrogen) atoms. The number of nitrogens with one attached hydrogen (secondary N) is 2. The van der Waals surface area contributed by atoms with E-state index in [0.29, 0.717) is 0 Å². The third kappa shape index (κ3) is 11.7. The molecular weight excluding hydrogens is 852 g/mol. The average molecular weight is 911 g/mol. The molecule has 0 aromatic rings. The van der Waals surface area contributed by atoms with Gasteiger partial charge in [-0.1, -0.05) is 0 Å². The molecule has 4 aliphatic heterocycles. The summed E-state index contributed by atoms with van der Waals surface area (Å²) in [5.74, 6) is -1.56. The Bertz CT molecular complexity index is 1420. The summed E-state index contributed by atoms with van der Waals surface area (Å²) in [5, 5.41) is 162. The third-order valence-electron chi connectivity index (χ3n) is 10.7. The molecule has 28 nitrogen and oxygen atoms in total. The quantitative estimate of drug-likeness (QED) is 0.0535. The predicted molar refractivity (Wildman–Crippen MR) is 191 cm³/mol. The van der Waals surface area contributed by atoms with Gasteiger partial charge < -0.3 is 130 Å². The SMILES string of the molecule is CC(=O)N[C@H]1[C@@H](O[C@H]2[C@@H](O)[C@@H](CO)O[C@@H](O[C@H]3[C@@H](O)[C@@H](CO)O[C@H](O[C@@H]4[C@H](O)[C@@H](O)[C@H](O[C@@H]([C@H](O)[C@@H](O)C=O)[C@H](O)CO)O[C@@H]4CO)[C@@H]3O)[C@@H]2NC(C)=O)O[C@H](CO)[C@H](O)[C@@H]1O. The van der Waals surface area contributed by atoms with Crippen molar-refractivity contribution in [3.05, 3.63) is 0 Å². The lowest BCUT2D eigenvalue weighted by atomic mass is 9.93. The van der Waals surface area contributed by atoms with E-state index in [0.717, 1.165) is 13.8 Å². The minimum absolute atomic E-state index is 0.119. The number of hydrogen-bond acceptors (Lipinski definition) is 26. The van der Waals surface area contributed by atoms with Crippen LogP contribution in [0.15, 0.2) is 0 Å². The van der Waals surface area contributed by atoms with E-state index in [1.807, 2.05) is 0 Å². The van der Waals surface area contributed by atoms with E-state index < -0.39 is 192 Å². The van der Waals surface area contributed by atoms with Gasteiger partial charge in [0, 0.05) is 13.8 Å². The molecule has 0 bridgehead atoms. The fourth-order valence-corrected chi connectivity index (χ4v) is 7.38. The number of ether oxygens (including phenoxy) is 8. The van der Waals surface area contributed by atoms with Crippen LogP contribution >= 0.6 is 0 Å². The Morgan fingerprint density at radius 3 is 1.52 bits per heavy atom. The predicted octanol–water partition coefficient (Wildman–Crippen LogP) is -11.8. The highest BCUT2D eigenvalue weighted by Crippen LogP contribution is 2.35. The van der Waals surface area contributed by atoms with Crippen LogP contribution in [-0.4, -0.2) is 275 Å². The summed E-state index contributed by atoms with van der Waals surface area (Å²) in [5.41, 5.74) is 0. The molecule has 4 rings (SSSR count). The zero-order valence-electron chi connectivity index (χ0n) is 33.2. The molecular formula is C34H58N2O26. The Hall–Kier alpha value is -2.31. The number of hydrogen-bond donors (Lipinski definition) is 17. The molecule has 0 radical (unpaired) electrons. The van der Waals surface area contributed by atoms with Crippen molar-refractivity contribution in [3.63, 3.8) is 0 Å². The summed E-state index contributed by atoms with van der Waals surface area (Å²) in [4.78, 5) is 35.7. The second kappa shape index (κ2) is 23.2. The monoisotopic (exact) mass is 910 g/mol. The zero-order valence-corrected chi connectivity index (χ0v) is 33.2. The van der Waals surface area contributed by atoms with Crippen molar-refractivity contribution in [2.24, 2.45) is 0 Å². The molecule has 17 N–H and O–H groups in total. The molecule has 0 unspecified atom stereocenters. The van der Waals surface area contributed by atoms with E-state index in [1.54, 1.807) is 0 Å². The highest BCUT2D eigenvalue weighted by Gasteiger charge is 2.56. The van der Waals surface area contributed by atoms with Crippen molar-refractivity contribution >= 4 is 18.1 Å². The molecule has 360 valence electrons. The minimum atomic E-state index is -2.20.